The van der Waals surface area contributed by atoms with Crippen LogP contribution in [0.4, 0.5) is 0 Å². The summed E-state index contributed by atoms with van der Waals surface area (Å²) in [6.45, 7) is 11.0. The van der Waals surface area contributed by atoms with Crippen molar-refractivity contribution in [3.05, 3.63) is 59.7 Å². The van der Waals surface area contributed by atoms with Crippen LogP contribution in [0.2, 0.25) is 0 Å². The number of carbonyl (C=O) groups is 1. The van der Waals surface area contributed by atoms with E-state index in [0.717, 1.165) is 44.1 Å². The minimum atomic E-state index is -1.17. The third-order valence-electron chi connectivity index (χ3n) is 10.8. The van der Waals surface area contributed by atoms with Crippen molar-refractivity contribution < 1.29 is 14.6 Å². The van der Waals surface area contributed by atoms with E-state index in [1.165, 1.54) is 5.57 Å². The molecule has 4 aliphatic carbocycles. The fourth-order valence-corrected chi connectivity index (χ4v) is 8.88. The molecule has 8 atom stereocenters. The average Bonchev–Trinajstić information content (AvgIpc) is 3.22. The number of hydrogen-bond donors (Lipinski definition) is 1. The molecule has 0 spiro atoms. The monoisotopic (exact) mass is 487 g/mol. The zero-order valence-corrected chi connectivity index (χ0v) is 22.1. The predicted octanol–water partition coefficient (Wildman–Crippen LogP) is 6.73. The smallest absolute Gasteiger partial charge is 0.169 e. The van der Waals surface area contributed by atoms with E-state index in [4.69, 9.17) is 10.00 Å². The molecule has 0 saturated heterocycles. The molecular weight excluding hydrogens is 446 g/mol. The Kier molecular flexibility index (Phi) is 6.54. The van der Waals surface area contributed by atoms with E-state index in [1.807, 2.05) is 12.1 Å². The molecule has 3 fully saturated rings. The van der Waals surface area contributed by atoms with Gasteiger partial charge in [0.25, 0.3) is 0 Å². The summed E-state index contributed by atoms with van der Waals surface area (Å²) in [5, 5.41) is 20.5. The standard InChI is InChI=1S/C32H41NO3/c1-5-6-24-17-25-18-32(35,36-20-23-9-7-22(19-33)8-10-23)16-15-30(25,3)28-13-14-31(4)26(21(2)34)11-12-27(31)29(24)28/h5,7-10,17,24,26-29,35H,1,6,11-16,18,20H2,2-4H3. The lowest BCUT2D eigenvalue weighted by molar-refractivity contribution is -0.232. The maximum Gasteiger partial charge on any atom is 0.169 e. The van der Waals surface area contributed by atoms with Gasteiger partial charge in [-0.05, 0) is 97.6 Å². The summed E-state index contributed by atoms with van der Waals surface area (Å²) in [5.74, 6) is 1.56. The molecule has 3 saturated carbocycles. The van der Waals surface area contributed by atoms with Crippen molar-refractivity contribution in [1.82, 2.24) is 0 Å². The molecule has 0 heterocycles. The number of hydrogen-bond acceptors (Lipinski definition) is 4. The summed E-state index contributed by atoms with van der Waals surface area (Å²) in [6.07, 6.45) is 12.1. The van der Waals surface area contributed by atoms with E-state index < -0.39 is 5.79 Å². The van der Waals surface area contributed by atoms with Crippen LogP contribution in [0.5, 0.6) is 0 Å². The van der Waals surface area contributed by atoms with Gasteiger partial charge in [-0.1, -0.05) is 43.7 Å². The first kappa shape index (κ1) is 25.4. The van der Waals surface area contributed by atoms with Crippen LogP contribution in [-0.2, 0) is 16.1 Å². The maximum atomic E-state index is 12.5. The van der Waals surface area contributed by atoms with Gasteiger partial charge in [-0.25, -0.2) is 0 Å². The number of nitriles is 1. The number of Topliss-reactive ketones (excluding diaryl/α,β-unsaturated/α-hetero) is 1. The Morgan fingerprint density at radius 2 is 1.92 bits per heavy atom. The summed E-state index contributed by atoms with van der Waals surface area (Å²) in [5.41, 5.74) is 3.14. The molecular formula is C32H41NO3. The summed E-state index contributed by atoms with van der Waals surface area (Å²) >= 11 is 0. The van der Waals surface area contributed by atoms with Gasteiger partial charge in [-0.3, -0.25) is 4.79 Å². The minimum absolute atomic E-state index is 0.0714. The fraction of sp³-hybridized carbons (Fsp3) is 0.625. The third-order valence-corrected chi connectivity index (χ3v) is 10.8. The van der Waals surface area contributed by atoms with Crippen molar-refractivity contribution in [2.75, 3.05) is 0 Å². The van der Waals surface area contributed by atoms with E-state index in [2.05, 4.69) is 38.6 Å². The Morgan fingerprint density at radius 1 is 1.17 bits per heavy atom. The SMILES string of the molecule is C=CCC1C=C2CC(O)(OCc3ccc(C#N)cc3)CCC2(C)C2CCC3(C)C(C(C)=O)CCC3C12. The number of allylic oxidation sites excluding steroid dienone is 2. The van der Waals surface area contributed by atoms with Gasteiger partial charge in [0.15, 0.2) is 5.79 Å². The number of benzene rings is 1. The highest BCUT2D eigenvalue weighted by atomic mass is 16.6. The van der Waals surface area contributed by atoms with Gasteiger partial charge in [-0.15, -0.1) is 6.58 Å². The zero-order chi connectivity index (χ0) is 25.7. The van der Waals surface area contributed by atoms with Crippen LogP contribution in [0.1, 0.15) is 83.3 Å². The van der Waals surface area contributed by atoms with Gasteiger partial charge in [0.05, 0.1) is 18.2 Å². The molecule has 1 aromatic rings. The second kappa shape index (κ2) is 9.26. The highest BCUT2D eigenvalue weighted by Gasteiger charge is 2.62. The molecule has 0 bridgehead atoms. The maximum absolute atomic E-state index is 12.5. The van der Waals surface area contributed by atoms with Crippen LogP contribution in [0, 0.1) is 51.8 Å². The molecule has 1 aromatic carbocycles. The Morgan fingerprint density at radius 3 is 2.58 bits per heavy atom. The molecule has 0 radical (unpaired) electrons. The number of fused-ring (bicyclic) bond motifs is 5. The van der Waals surface area contributed by atoms with Gasteiger partial charge in [-0.2, -0.15) is 5.26 Å². The van der Waals surface area contributed by atoms with Crippen LogP contribution in [0.25, 0.3) is 0 Å². The lowest BCUT2D eigenvalue weighted by Gasteiger charge is -2.60. The van der Waals surface area contributed by atoms with Crippen LogP contribution >= 0.6 is 0 Å². The van der Waals surface area contributed by atoms with Gasteiger partial charge >= 0.3 is 0 Å². The first-order chi connectivity index (χ1) is 17.1. The lowest BCUT2D eigenvalue weighted by atomic mass is 9.45. The van der Waals surface area contributed by atoms with Crippen molar-refractivity contribution >= 4 is 5.78 Å². The number of carbonyl (C=O) groups excluding carboxylic acids is 1. The summed E-state index contributed by atoms with van der Waals surface area (Å²) in [6, 6.07) is 9.52. The molecule has 0 aliphatic heterocycles. The van der Waals surface area contributed by atoms with Crippen molar-refractivity contribution in [3.8, 4) is 6.07 Å². The van der Waals surface area contributed by atoms with Crippen LogP contribution in [0.15, 0.2) is 48.6 Å². The van der Waals surface area contributed by atoms with E-state index in [-0.39, 0.29) is 16.7 Å². The van der Waals surface area contributed by atoms with Crippen LogP contribution in [0.3, 0.4) is 0 Å². The third kappa shape index (κ3) is 4.09. The molecule has 4 aliphatic rings. The largest absolute Gasteiger partial charge is 0.365 e. The molecule has 0 aromatic heterocycles. The predicted molar refractivity (Wildman–Crippen MR) is 140 cm³/mol. The molecule has 4 nitrogen and oxygen atoms in total. The summed E-state index contributed by atoms with van der Waals surface area (Å²) in [7, 11) is 0. The highest BCUT2D eigenvalue weighted by Crippen LogP contribution is 2.68. The molecule has 0 amide bonds. The van der Waals surface area contributed by atoms with E-state index in [9.17, 15) is 9.90 Å². The molecule has 8 unspecified atom stereocenters. The lowest BCUT2D eigenvalue weighted by Crippen LogP contribution is -2.55. The molecule has 5 rings (SSSR count). The number of ketones is 1. The van der Waals surface area contributed by atoms with Crippen molar-refractivity contribution in [3.63, 3.8) is 0 Å². The van der Waals surface area contributed by atoms with Crippen LogP contribution in [-0.4, -0.2) is 16.7 Å². The number of nitrogens with zero attached hydrogens (tertiary/aromatic N) is 1. The molecule has 4 heteroatoms. The second-order valence-electron chi connectivity index (χ2n) is 12.6. The Balaban J connectivity index is 1.40. The quantitative estimate of drug-likeness (QED) is 0.357. The fourth-order valence-electron chi connectivity index (χ4n) is 8.88. The van der Waals surface area contributed by atoms with Crippen LogP contribution < -0.4 is 0 Å². The number of ether oxygens (including phenoxy) is 1. The summed E-state index contributed by atoms with van der Waals surface area (Å²) in [4.78, 5) is 12.5. The van der Waals surface area contributed by atoms with Crippen molar-refractivity contribution in [2.45, 2.75) is 84.5 Å². The highest BCUT2D eigenvalue weighted by molar-refractivity contribution is 5.79. The average molecular weight is 488 g/mol. The van der Waals surface area contributed by atoms with Gasteiger partial charge in [0.2, 0.25) is 0 Å². The van der Waals surface area contributed by atoms with E-state index in [1.54, 1.807) is 19.1 Å². The molecule has 1 N–H and O–H groups in total. The van der Waals surface area contributed by atoms with Crippen molar-refractivity contribution in [1.29, 1.82) is 5.26 Å². The minimum Gasteiger partial charge on any atom is -0.365 e. The Hall–Kier alpha value is -2.22. The van der Waals surface area contributed by atoms with Gasteiger partial charge < -0.3 is 9.84 Å². The summed E-state index contributed by atoms with van der Waals surface area (Å²) < 4.78 is 6.16. The first-order valence-corrected chi connectivity index (χ1v) is 13.8. The van der Waals surface area contributed by atoms with Crippen molar-refractivity contribution in [2.24, 2.45) is 40.4 Å². The normalized spacial score (nSPS) is 41.3. The van der Waals surface area contributed by atoms with E-state index in [0.29, 0.717) is 54.5 Å². The first-order valence-electron chi connectivity index (χ1n) is 13.8. The zero-order valence-electron chi connectivity index (χ0n) is 22.1. The number of aliphatic hydroxyl groups is 1. The molecule has 36 heavy (non-hydrogen) atoms. The molecule has 192 valence electrons. The Labute approximate surface area is 216 Å². The van der Waals surface area contributed by atoms with Gasteiger partial charge in [0, 0.05) is 18.8 Å². The van der Waals surface area contributed by atoms with E-state index >= 15 is 0 Å². The Bertz CT molecular complexity index is 1100. The number of rotatable bonds is 6. The second-order valence-corrected chi connectivity index (χ2v) is 12.6. The topological polar surface area (TPSA) is 70.3 Å². The van der Waals surface area contributed by atoms with Gasteiger partial charge in [0.1, 0.15) is 5.78 Å².